The Bertz CT molecular complexity index is 873. The molecule has 5 rings (SSSR count). The molecule has 1 N–H and O–H groups in total. The van der Waals surface area contributed by atoms with E-state index in [0.717, 1.165) is 67.9 Å². The number of aromatic amines is 1. The summed E-state index contributed by atoms with van der Waals surface area (Å²) < 4.78 is 7.48. The summed E-state index contributed by atoms with van der Waals surface area (Å²) in [7, 11) is 0. The third kappa shape index (κ3) is 3.19. The number of morpholine rings is 1. The van der Waals surface area contributed by atoms with Crippen molar-refractivity contribution in [2.45, 2.75) is 25.9 Å². The number of fused-ring (bicyclic) bond motifs is 1. The molecule has 1 saturated heterocycles. The Balaban J connectivity index is 1.39. The minimum Gasteiger partial charge on any atom is -0.379 e. The summed E-state index contributed by atoms with van der Waals surface area (Å²) >= 11 is 0. The van der Waals surface area contributed by atoms with Gasteiger partial charge in [-0.1, -0.05) is 18.2 Å². The fourth-order valence-corrected chi connectivity index (χ4v) is 3.50. The zero-order valence-corrected chi connectivity index (χ0v) is 14.3. The summed E-state index contributed by atoms with van der Waals surface area (Å²) in [6, 6.07) is 8.68. The summed E-state index contributed by atoms with van der Waals surface area (Å²) in [5, 5.41) is 4.47. The standard InChI is InChI=1S/C19H23N5O/c1-2-15(12-23-6-8-25-9-7-23)10-16(3-1)18-21-17-11-20-24(19(17)22-18)13-14-4-5-14/h1-3,10-11,14H,4-9,12-13H2,(H,21,22). The molecule has 6 heteroatoms. The van der Waals surface area contributed by atoms with Crippen LogP contribution in [0, 0.1) is 5.92 Å². The fraction of sp³-hybridized carbons (Fsp3) is 0.474. The van der Waals surface area contributed by atoms with Crippen molar-refractivity contribution in [2.24, 2.45) is 5.92 Å². The van der Waals surface area contributed by atoms with E-state index in [4.69, 9.17) is 9.72 Å². The molecule has 1 saturated carbocycles. The van der Waals surface area contributed by atoms with Gasteiger partial charge in [0.2, 0.25) is 0 Å². The third-order valence-corrected chi connectivity index (χ3v) is 5.12. The molecule has 3 aromatic rings. The first-order valence-electron chi connectivity index (χ1n) is 9.16. The van der Waals surface area contributed by atoms with E-state index in [9.17, 15) is 0 Å². The van der Waals surface area contributed by atoms with Crippen LogP contribution in [0.4, 0.5) is 0 Å². The fourth-order valence-electron chi connectivity index (χ4n) is 3.50. The van der Waals surface area contributed by atoms with Gasteiger partial charge in [-0.2, -0.15) is 5.10 Å². The Kier molecular flexibility index (Phi) is 3.79. The highest BCUT2D eigenvalue weighted by Gasteiger charge is 2.23. The number of rotatable bonds is 5. The van der Waals surface area contributed by atoms with Crippen LogP contribution in [0.1, 0.15) is 18.4 Å². The first kappa shape index (κ1) is 15.1. The number of nitrogens with one attached hydrogen (secondary N) is 1. The van der Waals surface area contributed by atoms with E-state index in [1.807, 2.05) is 10.9 Å². The Hall–Kier alpha value is -2.18. The van der Waals surface area contributed by atoms with Gasteiger partial charge in [0, 0.05) is 31.7 Å². The van der Waals surface area contributed by atoms with Gasteiger partial charge < -0.3 is 9.72 Å². The number of hydrogen-bond acceptors (Lipinski definition) is 4. The maximum absolute atomic E-state index is 5.43. The van der Waals surface area contributed by atoms with Gasteiger partial charge in [0.25, 0.3) is 0 Å². The van der Waals surface area contributed by atoms with Gasteiger partial charge in [0.1, 0.15) is 11.3 Å². The number of nitrogens with zero attached hydrogens (tertiary/aromatic N) is 4. The highest BCUT2D eigenvalue weighted by Crippen LogP contribution is 2.31. The van der Waals surface area contributed by atoms with Crippen LogP contribution >= 0.6 is 0 Å². The SMILES string of the molecule is c1cc(CN2CCOCC2)cc(-c2nc3c(cnn3CC3CC3)[nH]2)c1. The van der Waals surface area contributed by atoms with Gasteiger partial charge in [-0.05, 0) is 30.4 Å². The van der Waals surface area contributed by atoms with Crippen LogP contribution in [0.2, 0.25) is 0 Å². The predicted molar refractivity (Wildman–Crippen MR) is 96.1 cm³/mol. The summed E-state index contributed by atoms with van der Waals surface area (Å²) in [6.07, 6.45) is 4.54. The number of H-pyrrole nitrogens is 1. The normalized spacial score (nSPS) is 18.9. The molecule has 2 fully saturated rings. The average molecular weight is 337 g/mol. The molecule has 1 aliphatic heterocycles. The summed E-state index contributed by atoms with van der Waals surface area (Å²) in [6.45, 7) is 5.64. The first-order valence-corrected chi connectivity index (χ1v) is 9.16. The van der Waals surface area contributed by atoms with Gasteiger partial charge >= 0.3 is 0 Å². The van der Waals surface area contributed by atoms with Gasteiger partial charge in [-0.3, -0.25) is 4.90 Å². The number of ether oxygens (including phenoxy) is 1. The van der Waals surface area contributed by atoms with Gasteiger partial charge in [0.15, 0.2) is 5.65 Å². The molecule has 1 aliphatic carbocycles. The molecule has 0 spiro atoms. The molecular formula is C19H23N5O. The van der Waals surface area contributed by atoms with Crippen LogP contribution < -0.4 is 0 Å². The van der Waals surface area contributed by atoms with Crippen LogP contribution in [-0.4, -0.2) is 51.0 Å². The monoisotopic (exact) mass is 337 g/mol. The molecule has 0 bridgehead atoms. The molecule has 2 aliphatic rings. The average Bonchev–Trinajstić information content (AvgIpc) is 3.23. The van der Waals surface area contributed by atoms with Gasteiger partial charge in [-0.15, -0.1) is 0 Å². The molecular weight excluding hydrogens is 314 g/mol. The number of aromatic nitrogens is 4. The molecule has 1 aromatic carbocycles. The van der Waals surface area contributed by atoms with E-state index in [-0.39, 0.29) is 0 Å². The van der Waals surface area contributed by atoms with Crippen molar-refractivity contribution in [1.82, 2.24) is 24.6 Å². The Morgan fingerprint density at radius 2 is 2.08 bits per heavy atom. The quantitative estimate of drug-likeness (QED) is 0.778. The lowest BCUT2D eigenvalue weighted by Crippen LogP contribution is -2.35. The van der Waals surface area contributed by atoms with E-state index in [1.165, 1.54) is 18.4 Å². The number of imidazole rings is 1. The van der Waals surface area contributed by atoms with Crippen LogP contribution in [0.25, 0.3) is 22.6 Å². The first-order chi connectivity index (χ1) is 12.3. The molecule has 25 heavy (non-hydrogen) atoms. The Morgan fingerprint density at radius 1 is 1.20 bits per heavy atom. The van der Waals surface area contributed by atoms with Crippen LogP contribution in [-0.2, 0) is 17.8 Å². The zero-order valence-electron chi connectivity index (χ0n) is 14.3. The lowest BCUT2D eigenvalue weighted by Gasteiger charge is -2.26. The minimum absolute atomic E-state index is 0.792. The lowest BCUT2D eigenvalue weighted by molar-refractivity contribution is 0.0342. The molecule has 6 nitrogen and oxygen atoms in total. The van der Waals surface area contributed by atoms with Crippen molar-refractivity contribution in [1.29, 1.82) is 0 Å². The molecule has 0 amide bonds. The van der Waals surface area contributed by atoms with Crippen molar-refractivity contribution in [3.05, 3.63) is 36.0 Å². The van der Waals surface area contributed by atoms with E-state index >= 15 is 0 Å². The minimum atomic E-state index is 0.792. The van der Waals surface area contributed by atoms with Crippen LogP contribution in [0.15, 0.2) is 30.5 Å². The molecule has 2 aromatic heterocycles. The molecule has 0 atom stereocenters. The molecule has 0 radical (unpaired) electrons. The lowest BCUT2D eigenvalue weighted by atomic mass is 10.1. The van der Waals surface area contributed by atoms with E-state index in [1.54, 1.807) is 0 Å². The Morgan fingerprint density at radius 3 is 2.92 bits per heavy atom. The molecule has 3 heterocycles. The van der Waals surface area contributed by atoms with Crippen molar-refractivity contribution in [2.75, 3.05) is 26.3 Å². The second kappa shape index (κ2) is 6.28. The number of hydrogen-bond donors (Lipinski definition) is 1. The van der Waals surface area contributed by atoms with Gasteiger partial charge in [0.05, 0.1) is 19.4 Å². The van der Waals surface area contributed by atoms with Crippen LogP contribution in [0.5, 0.6) is 0 Å². The number of benzene rings is 1. The molecule has 130 valence electrons. The predicted octanol–water partition coefficient (Wildman–Crippen LogP) is 2.67. The van der Waals surface area contributed by atoms with E-state index in [2.05, 4.69) is 39.2 Å². The highest BCUT2D eigenvalue weighted by molar-refractivity contribution is 5.76. The van der Waals surface area contributed by atoms with Crippen molar-refractivity contribution in [3.8, 4) is 11.4 Å². The topological polar surface area (TPSA) is 59.0 Å². The summed E-state index contributed by atoms with van der Waals surface area (Å²) in [5.74, 6) is 1.72. The zero-order chi connectivity index (χ0) is 16.6. The third-order valence-electron chi connectivity index (χ3n) is 5.12. The second-order valence-electron chi connectivity index (χ2n) is 7.18. The van der Waals surface area contributed by atoms with Crippen molar-refractivity contribution >= 4 is 11.2 Å². The maximum atomic E-state index is 5.43. The smallest absolute Gasteiger partial charge is 0.176 e. The van der Waals surface area contributed by atoms with E-state index < -0.39 is 0 Å². The maximum Gasteiger partial charge on any atom is 0.176 e. The van der Waals surface area contributed by atoms with Crippen molar-refractivity contribution < 1.29 is 4.74 Å². The summed E-state index contributed by atoms with van der Waals surface area (Å²) in [5.41, 5.74) is 4.45. The summed E-state index contributed by atoms with van der Waals surface area (Å²) in [4.78, 5) is 10.7. The largest absolute Gasteiger partial charge is 0.379 e. The van der Waals surface area contributed by atoms with E-state index in [0.29, 0.717) is 0 Å². The second-order valence-corrected chi connectivity index (χ2v) is 7.18. The molecule has 0 unspecified atom stereocenters. The van der Waals surface area contributed by atoms with Crippen LogP contribution in [0.3, 0.4) is 0 Å². The highest BCUT2D eigenvalue weighted by atomic mass is 16.5. The van der Waals surface area contributed by atoms with Crippen molar-refractivity contribution in [3.63, 3.8) is 0 Å². The van der Waals surface area contributed by atoms with Gasteiger partial charge in [-0.25, -0.2) is 9.67 Å². The Labute approximate surface area is 146 Å².